The standard InChI is InChI=1S/C20H21N3O3S2/c1-11(17(21)24)27-20-22-18-16(12-7-3-6-10-15(12)28-18)19(25)23(20)13-8-4-5-9-14(13)26-2/h4-5,8-9,11H,3,6-7,10H2,1-2H3,(H2,21,24)/t11-/m1/s1. The molecule has 0 radical (unpaired) electrons. The van der Waals surface area contributed by atoms with Crippen LogP contribution in [0.1, 0.15) is 30.2 Å². The number of rotatable bonds is 5. The third kappa shape index (κ3) is 3.20. The molecule has 1 atom stereocenters. The lowest BCUT2D eigenvalue weighted by Gasteiger charge is -2.17. The van der Waals surface area contributed by atoms with E-state index in [1.165, 1.54) is 16.6 Å². The maximum Gasteiger partial charge on any atom is 0.267 e. The number of fused-ring (bicyclic) bond motifs is 3. The van der Waals surface area contributed by atoms with Gasteiger partial charge >= 0.3 is 0 Å². The minimum absolute atomic E-state index is 0.118. The Morgan fingerprint density at radius 3 is 2.82 bits per heavy atom. The summed E-state index contributed by atoms with van der Waals surface area (Å²) in [5.74, 6) is 0.125. The summed E-state index contributed by atoms with van der Waals surface area (Å²) in [6.45, 7) is 1.72. The highest BCUT2D eigenvalue weighted by Crippen LogP contribution is 2.36. The number of primary amides is 1. The molecule has 8 heteroatoms. The van der Waals surface area contributed by atoms with Crippen LogP contribution < -0.4 is 16.0 Å². The molecule has 1 amide bonds. The second-order valence-corrected chi connectivity index (χ2v) is 9.15. The summed E-state index contributed by atoms with van der Waals surface area (Å²) in [6, 6.07) is 7.33. The van der Waals surface area contributed by atoms with E-state index in [9.17, 15) is 9.59 Å². The molecule has 0 unspecified atom stereocenters. The number of thioether (sulfide) groups is 1. The van der Waals surface area contributed by atoms with Gasteiger partial charge in [0.1, 0.15) is 10.6 Å². The van der Waals surface area contributed by atoms with Crippen LogP contribution in [-0.4, -0.2) is 27.8 Å². The van der Waals surface area contributed by atoms with E-state index in [1.54, 1.807) is 36.0 Å². The number of nitrogens with two attached hydrogens (primary N) is 1. The van der Waals surface area contributed by atoms with Crippen LogP contribution in [0.5, 0.6) is 5.75 Å². The summed E-state index contributed by atoms with van der Waals surface area (Å²) in [6.07, 6.45) is 4.12. The van der Waals surface area contributed by atoms with Crippen molar-refractivity contribution in [2.45, 2.75) is 43.0 Å². The zero-order valence-corrected chi connectivity index (χ0v) is 17.4. The minimum atomic E-state index is -0.514. The van der Waals surface area contributed by atoms with Gasteiger partial charge in [-0.05, 0) is 50.3 Å². The van der Waals surface area contributed by atoms with Gasteiger partial charge in [-0.15, -0.1) is 11.3 Å². The maximum atomic E-state index is 13.6. The number of ether oxygens (including phenoxy) is 1. The van der Waals surface area contributed by atoms with E-state index in [1.807, 2.05) is 18.2 Å². The van der Waals surface area contributed by atoms with Crippen molar-refractivity contribution in [1.29, 1.82) is 0 Å². The quantitative estimate of drug-likeness (QED) is 0.510. The molecule has 1 aliphatic carbocycles. The number of benzene rings is 1. The van der Waals surface area contributed by atoms with Crippen molar-refractivity contribution < 1.29 is 9.53 Å². The van der Waals surface area contributed by atoms with Crippen LogP contribution in [0, 0.1) is 0 Å². The number of carbonyl (C=O) groups is 1. The van der Waals surface area contributed by atoms with Gasteiger partial charge in [-0.25, -0.2) is 4.98 Å². The zero-order chi connectivity index (χ0) is 19.8. The first-order valence-electron chi connectivity index (χ1n) is 9.18. The van der Waals surface area contributed by atoms with Gasteiger partial charge in [0.15, 0.2) is 5.16 Å². The third-order valence-electron chi connectivity index (χ3n) is 4.97. The molecule has 2 heterocycles. The van der Waals surface area contributed by atoms with Crippen LogP contribution in [-0.2, 0) is 17.6 Å². The van der Waals surface area contributed by atoms with Gasteiger partial charge in [0.2, 0.25) is 5.91 Å². The molecule has 1 aromatic carbocycles. The van der Waals surface area contributed by atoms with E-state index in [0.717, 1.165) is 36.1 Å². The molecule has 2 aromatic heterocycles. The summed E-state index contributed by atoms with van der Waals surface area (Å²) < 4.78 is 7.04. The minimum Gasteiger partial charge on any atom is -0.495 e. The van der Waals surface area contributed by atoms with Gasteiger partial charge < -0.3 is 10.5 Å². The lowest BCUT2D eigenvalue weighted by Crippen LogP contribution is -2.26. The summed E-state index contributed by atoms with van der Waals surface area (Å²) in [5, 5.41) is 0.633. The zero-order valence-electron chi connectivity index (χ0n) is 15.7. The highest BCUT2D eigenvalue weighted by Gasteiger charge is 2.25. The predicted molar refractivity (Wildman–Crippen MR) is 113 cm³/mol. The molecule has 0 fully saturated rings. The SMILES string of the molecule is COc1ccccc1-n1c(S[C@H](C)C(N)=O)nc2sc3c(c2c1=O)CCCC3. The van der Waals surface area contributed by atoms with E-state index < -0.39 is 11.2 Å². The summed E-state index contributed by atoms with van der Waals surface area (Å²) in [7, 11) is 1.57. The Morgan fingerprint density at radius 1 is 1.32 bits per heavy atom. The fourth-order valence-electron chi connectivity index (χ4n) is 3.51. The topological polar surface area (TPSA) is 87.2 Å². The highest BCUT2D eigenvalue weighted by molar-refractivity contribution is 8.00. The van der Waals surface area contributed by atoms with Crippen molar-refractivity contribution >= 4 is 39.2 Å². The number of thiophene rings is 1. The molecule has 3 aromatic rings. The number of aryl methyl sites for hydroxylation is 2. The molecule has 28 heavy (non-hydrogen) atoms. The lowest BCUT2D eigenvalue weighted by atomic mass is 9.97. The summed E-state index contributed by atoms with van der Waals surface area (Å²) >= 11 is 2.79. The van der Waals surface area contributed by atoms with Crippen molar-refractivity contribution in [1.82, 2.24) is 9.55 Å². The van der Waals surface area contributed by atoms with Crippen molar-refractivity contribution in [2.75, 3.05) is 7.11 Å². The fourth-order valence-corrected chi connectivity index (χ4v) is 5.68. The van der Waals surface area contributed by atoms with Crippen molar-refractivity contribution in [3.63, 3.8) is 0 Å². The number of amides is 1. The Kier molecular flexibility index (Phi) is 5.16. The van der Waals surface area contributed by atoms with Gasteiger partial charge in [0.05, 0.1) is 23.4 Å². The number of nitrogens with zero attached hydrogens (tertiary/aromatic N) is 2. The highest BCUT2D eigenvalue weighted by atomic mass is 32.2. The smallest absolute Gasteiger partial charge is 0.267 e. The second-order valence-electron chi connectivity index (χ2n) is 6.76. The summed E-state index contributed by atoms with van der Waals surface area (Å²) in [5.41, 5.74) is 7.09. The molecular weight excluding hydrogens is 394 g/mol. The van der Waals surface area contributed by atoms with E-state index in [4.69, 9.17) is 15.5 Å². The van der Waals surface area contributed by atoms with Crippen LogP contribution in [0.15, 0.2) is 34.2 Å². The van der Waals surface area contributed by atoms with Crippen LogP contribution >= 0.6 is 23.1 Å². The Balaban J connectivity index is 2.02. The molecule has 0 spiro atoms. The van der Waals surface area contributed by atoms with Crippen LogP contribution in [0.3, 0.4) is 0 Å². The van der Waals surface area contributed by atoms with Gasteiger partial charge in [-0.1, -0.05) is 23.9 Å². The molecule has 0 bridgehead atoms. The van der Waals surface area contributed by atoms with Gasteiger partial charge in [-0.3, -0.25) is 14.2 Å². The lowest BCUT2D eigenvalue weighted by molar-refractivity contribution is -0.117. The van der Waals surface area contributed by atoms with E-state index in [0.29, 0.717) is 22.0 Å². The van der Waals surface area contributed by atoms with Crippen molar-refractivity contribution in [3.8, 4) is 11.4 Å². The monoisotopic (exact) mass is 415 g/mol. The predicted octanol–water partition coefficient (Wildman–Crippen LogP) is 3.30. The molecule has 0 saturated carbocycles. The van der Waals surface area contributed by atoms with E-state index in [2.05, 4.69) is 0 Å². The Bertz CT molecular complexity index is 1120. The first-order chi connectivity index (χ1) is 13.5. The number of carbonyl (C=O) groups excluding carboxylic acids is 1. The number of para-hydroxylation sites is 2. The van der Waals surface area contributed by atoms with Crippen molar-refractivity contribution in [3.05, 3.63) is 45.1 Å². The van der Waals surface area contributed by atoms with Crippen LogP contribution in [0.2, 0.25) is 0 Å². The van der Waals surface area contributed by atoms with Gasteiger partial charge in [0, 0.05) is 4.88 Å². The Hall–Kier alpha value is -2.32. The molecule has 2 N–H and O–H groups in total. The molecule has 0 aliphatic heterocycles. The normalized spacial score (nSPS) is 14.6. The second kappa shape index (κ2) is 7.60. The largest absolute Gasteiger partial charge is 0.495 e. The Morgan fingerprint density at radius 2 is 2.07 bits per heavy atom. The maximum absolute atomic E-state index is 13.6. The van der Waals surface area contributed by atoms with Gasteiger partial charge in [0.25, 0.3) is 5.56 Å². The van der Waals surface area contributed by atoms with Crippen LogP contribution in [0.4, 0.5) is 0 Å². The molecule has 1 aliphatic rings. The molecule has 0 saturated heterocycles. The molecular formula is C20H21N3O3S2. The number of aromatic nitrogens is 2. The van der Waals surface area contributed by atoms with Gasteiger partial charge in [-0.2, -0.15) is 0 Å². The number of methoxy groups -OCH3 is 1. The number of hydrogen-bond donors (Lipinski definition) is 1. The van der Waals surface area contributed by atoms with E-state index in [-0.39, 0.29) is 5.56 Å². The fraction of sp³-hybridized carbons (Fsp3) is 0.350. The first-order valence-corrected chi connectivity index (χ1v) is 10.9. The molecule has 146 valence electrons. The first kappa shape index (κ1) is 19.0. The van der Waals surface area contributed by atoms with Crippen molar-refractivity contribution in [2.24, 2.45) is 5.73 Å². The molecule has 4 rings (SSSR count). The Labute approximate surface area is 170 Å². The number of hydrogen-bond acceptors (Lipinski definition) is 6. The summed E-state index contributed by atoms with van der Waals surface area (Å²) in [4.78, 5) is 32.1. The van der Waals surface area contributed by atoms with Crippen LogP contribution in [0.25, 0.3) is 15.9 Å². The average Bonchev–Trinajstić information content (AvgIpc) is 3.06. The third-order valence-corrected chi connectivity index (χ3v) is 7.22. The average molecular weight is 416 g/mol. The molecule has 6 nitrogen and oxygen atoms in total. The van der Waals surface area contributed by atoms with E-state index >= 15 is 0 Å².